The Bertz CT molecular complexity index is 1220. The van der Waals surface area contributed by atoms with Gasteiger partial charge < -0.3 is 19.5 Å². The highest BCUT2D eigenvalue weighted by molar-refractivity contribution is 5.96. The summed E-state index contributed by atoms with van der Waals surface area (Å²) >= 11 is 0. The molecule has 0 bridgehead atoms. The standard InChI is InChI=1S/C26H25N3O6/c1-17-4-7-20(8-5-17)26(32)35-22-13-6-18(14-23(22)34-3)15-28-29-24(30)16-27-25(31)19-9-11-21(33-2)12-10-19/h4-15H,16H2,1-3H3,(H,27,31)(H,29,30)/b28-15+. The van der Waals surface area contributed by atoms with Crippen molar-refractivity contribution in [2.75, 3.05) is 20.8 Å². The third-order valence-electron chi connectivity index (χ3n) is 4.84. The molecule has 2 amide bonds. The molecule has 0 aliphatic carbocycles. The summed E-state index contributed by atoms with van der Waals surface area (Å²) in [5.74, 6) is -0.199. The maximum absolute atomic E-state index is 12.4. The minimum absolute atomic E-state index is 0.250. The van der Waals surface area contributed by atoms with E-state index in [9.17, 15) is 14.4 Å². The van der Waals surface area contributed by atoms with Gasteiger partial charge in [-0.15, -0.1) is 0 Å². The molecule has 0 heterocycles. The Morgan fingerprint density at radius 2 is 1.54 bits per heavy atom. The molecule has 0 spiro atoms. The highest BCUT2D eigenvalue weighted by Gasteiger charge is 2.13. The number of carbonyl (C=O) groups excluding carboxylic acids is 3. The van der Waals surface area contributed by atoms with Crippen LogP contribution in [0, 0.1) is 6.92 Å². The summed E-state index contributed by atoms with van der Waals surface area (Å²) in [6.45, 7) is 1.68. The maximum atomic E-state index is 12.4. The predicted molar refractivity (Wildman–Crippen MR) is 130 cm³/mol. The van der Waals surface area contributed by atoms with Gasteiger partial charge in [-0.3, -0.25) is 9.59 Å². The number of hydrazone groups is 1. The number of hydrogen-bond acceptors (Lipinski definition) is 7. The second kappa shape index (κ2) is 12.0. The number of carbonyl (C=O) groups is 3. The zero-order valence-electron chi connectivity index (χ0n) is 19.5. The van der Waals surface area contributed by atoms with Crippen LogP contribution in [0.1, 0.15) is 31.8 Å². The number of rotatable bonds is 9. The van der Waals surface area contributed by atoms with Gasteiger partial charge in [-0.05, 0) is 67.1 Å². The first-order chi connectivity index (χ1) is 16.9. The molecule has 180 valence electrons. The average Bonchev–Trinajstić information content (AvgIpc) is 2.88. The third-order valence-corrected chi connectivity index (χ3v) is 4.84. The summed E-state index contributed by atoms with van der Waals surface area (Å²) in [4.78, 5) is 36.5. The van der Waals surface area contributed by atoms with Gasteiger partial charge in [0.05, 0.1) is 32.5 Å². The Morgan fingerprint density at radius 3 is 2.20 bits per heavy atom. The van der Waals surface area contributed by atoms with Gasteiger partial charge in [-0.2, -0.15) is 5.10 Å². The third kappa shape index (κ3) is 7.16. The van der Waals surface area contributed by atoms with Crippen molar-refractivity contribution in [1.29, 1.82) is 0 Å². The molecule has 0 fully saturated rings. The minimum atomic E-state index is -0.506. The highest BCUT2D eigenvalue weighted by Crippen LogP contribution is 2.28. The van der Waals surface area contributed by atoms with Crippen molar-refractivity contribution in [3.63, 3.8) is 0 Å². The van der Waals surface area contributed by atoms with Gasteiger partial charge >= 0.3 is 5.97 Å². The van der Waals surface area contributed by atoms with Crippen LogP contribution in [0.25, 0.3) is 0 Å². The van der Waals surface area contributed by atoms with E-state index in [-0.39, 0.29) is 12.3 Å². The predicted octanol–water partition coefficient (Wildman–Crippen LogP) is 3.11. The van der Waals surface area contributed by atoms with Crippen molar-refractivity contribution in [3.8, 4) is 17.2 Å². The Labute approximate surface area is 202 Å². The molecule has 0 unspecified atom stereocenters. The van der Waals surface area contributed by atoms with Crippen molar-refractivity contribution < 1.29 is 28.6 Å². The lowest BCUT2D eigenvalue weighted by Gasteiger charge is -2.10. The molecule has 0 radical (unpaired) electrons. The van der Waals surface area contributed by atoms with Crippen molar-refractivity contribution >= 4 is 24.0 Å². The van der Waals surface area contributed by atoms with Crippen LogP contribution in [0.3, 0.4) is 0 Å². The van der Waals surface area contributed by atoms with E-state index in [1.54, 1.807) is 54.6 Å². The summed E-state index contributed by atoms with van der Waals surface area (Å²) < 4.78 is 15.8. The molecule has 0 saturated heterocycles. The zero-order valence-corrected chi connectivity index (χ0v) is 19.5. The molecular weight excluding hydrogens is 450 g/mol. The molecule has 9 heteroatoms. The normalized spacial score (nSPS) is 10.5. The molecule has 35 heavy (non-hydrogen) atoms. The molecule has 9 nitrogen and oxygen atoms in total. The van der Waals surface area contributed by atoms with Gasteiger partial charge in [-0.1, -0.05) is 17.7 Å². The number of aryl methyl sites for hydroxylation is 1. The van der Waals surface area contributed by atoms with Gasteiger partial charge in [-0.25, -0.2) is 10.2 Å². The van der Waals surface area contributed by atoms with E-state index >= 15 is 0 Å². The SMILES string of the molecule is COc1ccc(C(=O)NCC(=O)N/N=C/c2ccc(OC(=O)c3ccc(C)cc3)c(OC)c2)cc1. The fourth-order valence-corrected chi connectivity index (χ4v) is 2.92. The summed E-state index contributed by atoms with van der Waals surface area (Å²) in [5.41, 5.74) is 4.79. The smallest absolute Gasteiger partial charge is 0.343 e. The number of nitrogens with one attached hydrogen (secondary N) is 2. The van der Waals surface area contributed by atoms with Crippen LogP contribution in [-0.4, -0.2) is 44.8 Å². The van der Waals surface area contributed by atoms with Crippen LogP contribution >= 0.6 is 0 Å². The summed E-state index contributed by atoms with van der Waals surface area (Å²) in [5, 5.41) is 6.39. The van der Waals surface area contributed by atoms with Crippen molar-refractivity contribution in [2.45, 2.75) is 6.92 Å². The van der Waals surface area contributed by atoms with Crippen molar-refractivity contribution in [2.24, 2.45) is 5.10 Å². The van der Waals surface area contributed by atoms with Gasteiger partial charge in [0.25, 0.3) is 11.8 Å². The number of esters is 1. The fraction of sp³-hybridized carbons (Fsp3) is 0.154. The number of methoxy groups -OCH3 is 2. The molecule has 0 aliphatic heterocycles. The lowest BCUT2D eigenvalue weighted by atomic mass is 10.1. The molecule has 0 aliphatic rings. The lowest BCUT2D eigenvalue weighted by molar-refractivity contribution is -0.120. The number of hydrogen-bond donors (Lipinski definition) is 2. The van der Waals surface area contributed by atoms with E-state index in [2.05, 4.69) is 15.8 Å². The van der Waals surface area contributed by atoms with Gasteiger partial charge in [0.1, 0.15) is 5.75 Å². The van der Waals surface area contributed by atoms with Crippen LogP contribution < -0.4 is 25.0 Å². The van der Waals surface area contributed by atoms with E-state index in [0.717, 1.165) is 5.56 Å². The first-order valence-corrected chi connectivity index (χ1v) is 10.6. The largest absolute Gasteiger partial charge is 0.497 e. The molecule has 0 aromatic heterocycles. The minimum Gasteiger partial charge on any atom is -0.497 e. The van der Waals surface area contributed by atoms with Gasteiger partial charge in [0, 0.05) is 5.56 Å². The van der Waals surface area contributed by atoms with Crippen LogP contribution in [0.15, 0.2) is 71.8 Å². The van der Waals surface area contributed by atoms with Crippen LogP contribution in [0.4, 0.5) is 0 Å². The second-order valence-corrected chi connectivity index (χ2v) is 7.37. The maximum Gasteiger partial charge on any atom is 0.343 e. The molecule has 0 saturated carbocycles. The Kier molecular flexibility index (Phi) is 8.55. The summed E-state index contributed by atoms with van der Waals surface area (Å²) in [7, 11) is 2.98. The van der Waals surface area contributed by atoms with Crippen LogP contribution in [-0.2, 0) is 4.79 Å². The van der Waals surface area contributed by atoms with Crippen LogP contribution in [0.5, 0.6) is 17.2 Å². The Morgan fingerprint density at radius 1 is 0.857 bits per heavy atom. The van der Waals surface area contributed by atoms with E-state index < -0.39 is 17.8 Å². The lowest BCUT2D eigenvalue weighted by Crippen LogP contribution is -2.34. The first-order valence-electron chi connectivity index (χ1n) is 10.6. The topological polar surface area (TPSA) is 115 Å². The fourth-order valence-electron chi connectivity index (χ4n) is 2.92. The second-order valence-electron chi connectivity index (χ2n) is 7.37. The molecule has 3 rings (SSSR count). The molecule has 3 aromatic carbocycles. The van der Waals surface area contributed by atoms with E-state index in [0.29, 0.717) is 28.2 Å². The molecule has 0 atom stereocenters. The first kappa shape index (κ1) is 25.0. The molecule has 3 aromatic rings. The van der Waals surface area contributed by atoms with Gasteiger partial charge in [0.15, 0.2) is 11.5 Å². The van der Waals surface area contributed by atoms with E-state index in [1.807, 2.05) is 19.1 Å². The number of ether oxygens (including phenoxy) is 3. The number of amides is 2. The average molecular weight is 476 g/mol. The van der Waals surface area contributed by atoms with Crippen molar-refractivity contribution in [3.05, 3.63) is 89.0 Å². The Hall–Kier alpha value is -4.66. The van der Waals surface area contributed by atoms with Gasteiger partial charge in [0.2, 0.25) is 0 Å². The monoisotopic (exact) mass is 475 g/mol. The number of benzene rings is 3. The van der Waals surface area contributed by atoms with Crippen molar-refractivity contribution in [1.82, 2.24) is 10.7 Å². The summed E-state index contributed by atoms with van der Waals surface area (Å²) in [6, 6.07) is 18.4. The Balaban J connectivity index is 1.52. The molecular formula is C26H25N3O6. The molecule has 2 N–H and O–H groups in total. The summed E-state index contributed by atoms with van der Waals surface area (Å²) in [6.07, 6.45) is 1.40. The highest BCUT2D eigenvalue weighted by atomic mass is 16.6. The quantitative estimate of drug-likeness (QED) is 0.213. The van der Waals surface area contributed by atoms with Crippen LogP contribution in [0.2, 0.25) is 0 Å². The zero-order chi connectivity index (χ0) is 25.2. The number of nitrogens with zero attached hydrogens (tertiary/aromatic N) is 1. The van der Waals surface area contributed by atoms with E-state index in [1.165, 1.54) is 20.4 Å². The van der Waals surface area contributed by atoms with E-state index in [4.69, 9.17) is 14.2 Å².